The molecule has 2 unspecified atom stereocenters. The van der Waals surface area contributed by atoms with E-state index in [0.29, 0.717) is 12.0 Å². The Balaban J connectivity index is 2.60. The summed E-state index contributed by atoms with van der Waals surface area (Å²) < 4.78 is 5.50. The van der Waals surface area contributed by atoms with Gasteiger partial charge in [-0.05, 0) is 36.5 Å². The Kier molecular flexibility index (Phi) is 3.20. The third kappa shape index (κ3) is 1.71. The first-order valence-electron chi connectivity index (χ1n) is 6.09. The molecule has 0 bridgehead atoms. The Bertz CT molecular complexity index is 387. The molecule has 2 rings (SSSR count). The molecule has 1 aliphatic heterocycles. The monoisotopic (exact) mass is 219 g/mol. The number of aryl methyl sites for hydroxylation is 1. The summed E-state index contributed by atoms with van der Waals surface area (Å²) in [5.74, 6) is 1.58. The van der Waals surface area contributed by atoms with Gasteiger partial charge in [-0.25, -0.2) is 0 Å². The molecule has 1 heterocycles. The average molecular weight is 219 g/mol. The Morgan fingerprint density at radius 3 is 2.75 bits per heavy atom. The lowest BCUT2D eigenvalue weighted by molar-refractivity contribution is 0.388. The number of nitrogens with one attached hydrogen (secondary N) is 1. The smallest absolute Gasteiger partial charge is 0.122 e. The topological polar surface area (TPSA) is 21.3 Å². The summed E-state index contributed by atoms with van der Waals surface area (Å²) in [5, 5.41) is 3.61. The molecule has 88 valence electrons. The van der Waals surface area contributed by atoms with Crippen LogP contribution >= 0.6 is 0 Å². The van der Waals surface area contributed by atoms with Gasteiger partial charge in [0, 0.05) is 18.2 Å². The minimum absolute atomic E-state index is 0.487. The maximum Gasteiger partial charge on any atom is 0.122 e. The van der Waals surface area contributed by atoms with Crippen molar-refractivity contribution in [2.45, 2.75) is 39.2 Å². The summed E-state index contributed by atoms with van der Waals surface area (Å²) in [7, 11) is 1.76. The van der Waals surface area contributed by atoms with Gasteiger partial charge in [0.15, 0.2) is 0 Å². The Labute approximate surface area is 98.0 Å². The van der Waals surface area contributed by atoms with Crippen LogP contribution in [0.5, 0.6) is 5.75 Å². The van der Waals surface area contributed by atoms with E-state index in [2.05, 4.69) is 38.2 Å². The highest BCUT2D eigenvalue weighted by atomic mass is 16.5. The lowest BCUT2D eigenvalue weighted by Crippen LogP contribution is -2.32. The molecule has 0 aromatic heterocycles. The summed E-state index contributed by atoms with van der Waals surface area (Å²) in [6.07, 6.45) is 1.13. The van der Waals surface area contributed by atoms with Crippen molar-refractivity contribution in [1.82, 2.24) is 5.32 Å². The van der Waals surface area contributed by atoms with E-state index >= 15 is 0 Å². The van der Waals surface area contributed by atoms with E-state index in [1.807, 2.05) is 0 Å². The van der Waals surface area contributed by atoms with Gasteiger partial charge in [-0.2, -0.15) is 0 Å². The zero-order valence-electron chi connectivity index (χ0n) is 10.6. The van der Waals surface area contributed by atoms with Crippen LogP contribution in [0.25, 0.3) is 0 Å². The summed E-state index contributed by atoms with van der Waals surface area (Å²) in [4.78, 5) is 0. The predicted octanol–water partition coefficient (Wildman–Crippen LogP) is 3.16. The van der Waals surface area contributed by atoms with Gasteiger partial charge >= 0.3 is 0 Å². The minimum Gasteiger partial charge on any atom is -0.496 e. The second kappa shape index (κ2) is 4.46. The van der Waals surface area contributed by atoms with E-state index in [4.69, 9.17) is 4.74 Å². The molecule has 0 radical (unpaired) electrons. The second-order valence-corrected chi connectivity index (χ2v) is 4.68. The lowest BCUT2D eigenvalue weighted by Gasteiger charge is -2.33. The van der Waals surface area contributed by atoms with E-state index in [1.54, 1.807) is 7.11 Å². The quantitative estimate of drug-likeness (QED) is 0.825. The van der Waals surface area contributed by atoms with Crippen molar-refractivity contribution in [3.8, 4) is 5.75 Å². The van der Waals surface area contributed by atoms with Crippen molar-refractivity contribution in [1.29, 1.82) is 0 Å². The molecule has 0 amide bonds. The van der Waals surface area contributed by atoms with E-state index in [1.165, 1.54) is 16.7 Å². The van der Waals surface area contributed by atoms with Gasteiger partial charge in [0.2, 0.25) is 0 Å². The SMILES string of the molecule is CCC1NCC(C)c2c(OC)ccc(C)c21. The Hall–Kier alpha value is -1.02. The van der Waals surface area contributed by atoms with E-state index in [-0.39, 0.29) is 0 Å². The molecule has 1 aromatic rings. The fourth-order valence-corrected chi connectivity index (χ4v) is 2.75. The van der Waals surface area contributed by atoms with Crippen molar-refractivity contribution in [3.05, 3.63) is 28.8 Å². The third-order valence-corrected chi connectivity index (χ3v) is 3.61. The summed E-state index contributed by atoms with van der Waals surface area (Å²) in [6.45, 7) is 7.74. The molecule has 0 fully saturated rings. The van der Waals surface area contributed by atoms with E-state index in [0.717, 1.165) is 18.7 Å². The minimum atomic E-state index is 0.487. The molecule has 16 heavy (non-hydrogen) atoms. The maximum atomic E-state index is 5.50. The first kappa shape index (κ1) is 11.5. The summed E-state index contributed by atoms with van der Waals surface area (Å²) in [6, 6.07) is 4.75. The summed E-state index contributed by atoms with van der Waals surface area (Å²) >= 11 is 0. The fourth-order valence-electron chi connectivity index (χ4n) is 2.75. The molecular weight excluding hydrogens is 198 g/mol. The van der Waals surface area contributed by atoms with Crippen LogP contribution < -0.4 is 10.1 Å². The standard InChI is InChI=1S/C14H21NO/c1-5-11-13-9(2)6-7-12(16-4)14(13)10(3)8-15-11/h6-7,10-11,15H,5,8H2,1-4H3. The van der Waals surface area contributed by atoms with Gasteiger partial charge < -0.3 is 10.1 Å². The van der Waals surface area contributed by atoms with Gasteiger partial charge in [-0.3, -0.25) is 0 Å². The molecule has 1 N–H and O–H groups in total. The predicted molar refractivity (Wildman–Crippen MR) is 67.2 cm³/mol. The molecule has 0 saturated heterocycles. The highest BCUT2D eigenvalue weighted by Gasteiger charge is 2.27. The first-order chi connectivity index (χ1) is 7.69. The van der Waals surface area contributed by atoms with Crippen LogP contribution in [0.4, 0.5) is 0 Å². The molecule has 2 atom stereocenters. The zero-order valence-corrected chi connectivity index (χ0v) is 10.6. The molecule has 2 nitrogen and oxygen atoms in total. The number of ether oxygens (including phenoxy) is 1. The molecular formula is C14H21NO. The number of hydrogen-bond acceptors (Lipinski definition) is 2. The number of rotatable bonds is 2. The highest BCUT2D eigenvalue weighted by Crippen LogP contribution is 2.39. The van der Waals surface area contributed by atoms with Crippen LogP contribution in [0, 0.1) is 6.92 Å². The van der Waals surface area contributed by atoms with Crippen molar-refractivity contribution >= 4 is 0 Å². The summed E-state index contributed by atoms with van der Waals surface area (Å²) in [5.41, 5.74) is 4.25. The molecule has 0 spiro atoms. The molecule has 1 aromatic carbocycles. The fraction of sp³-hybridized carbons (Fsp3) is 0.571. The van der Waals surface area contributed by atoms with E-state index < -0.39 is 0 Å². The zero-order chi connectivity index (χ0) is 11.7. The van der Waals surface area contributed by atoms with Crippen LogP contribution in [0.3, 0.4) is 0 Å². The van der Waals surface area contributed by atoms with Gasteiger partial charge in [-0.15, -0.1) is 0 Å². The largest absolute Gasteiger partial charge is 0.496 e. The van der Waals surface area contributed by atoms with Crippen LogP contribution in [-0.2, 0) is 0 Å². The van der Waals surface area contributed by atoms with Crippen LogP contribution in [0.1, 0.15) is 48.9 Å². The average Bonchev–Trinajstić information content (AvgIpc) is 2.31. The normalized spacial score (nSPS) is 24.0. The van der Waals surface area contributed by atoms with Gasteiger partial charge in [0.1, 0.15) is 5.75 Å². The van der Waals surface area contributed by atoms with Gasteiger partial charge in [-0.1, -0.05) is 19.9 Å². The number of methoxy groups -OCH3 is 1. The number of benzene rings is 1. The van der Waals surface area contributed by atoms with Crippen molar-refractivity contribution in [3.63, 3.8) is 0 Å². The van der Waals surface area contributed by atoms with Crippen molar-refractivity contribution < 1.29 is 4.74 Å². The van der Waals surface area contributed by atoms with Gasteiger partial charge in [0.05, 0.1) is 7.11 Å². The van der Waals surface area contributed by atoms with Crippen molar-refractivity contribution in [2.24, 2.45) is 0 Å². The maximum absolute atomic E-state index is 5.50. The van der Waals surface area contributed by atoms with E-state index in [9.17, 15) is 0 Å². The Morgan fingerprint density at radius 2 is 2.12 bits per heavy atom. The van der Waals surface area contributed by atoms with Crippen LogP contribution in [0.2, 0.25) is 0 Å². The first-order valence-corrected chi connectivity index (χ1v) is 6.09. The van der Waals surface area contributed by atoms with Crippen LogP contribution in [-0.4, -0.2) is 13.7 Å². The molecule has 0 saturated carbocycles. The number of fused-ring (bicyclic) bond motifs is 1. The van der Waals surface area contributed by atoms with Gasteiger partial charge in [0.25, 0.3) is 0 Å². The molecule has 2 heteroatoms. The Morgan fingerprint density at radius 1 is 1.38 bits per heavy atom. The third-order valence-electron chi connectivity index (χ3n) is 3.61. The lowest BCUT2D eigenvalue weighted by atomic mass is 9.83. The molecule has 0 aliphatic carbocycles. The number of hydrogen-bond donors (Lipinski definition) is 1. The van der Waals surface area contributed by atoms with Crippen molar-refractivity contribution in [2.75, 3.05) is 13.7 Å². The molecule has 1 aliphatic rings. The second-order valence-electron chi connectivity index (χ2n) is 4.68. The van der Waals surface area contributed by atoms with Crippen LogP contribution in [0.15, 0.2) is 12.1 Å². The highest BCUT2D eigenvalue weighted by molar-refractivity contribution is 5.49.